The number of carbonyl (C=O) groups excluding carboxylic acids is 1. The molecule has 0 unspecified atom stereocenters. The van der Waals surface area contributed by atoms with Gasteiger partial charge in [0.05, 0.1) is 17.5 Å². The molecule has 0 atom stereocenters. The molecule has 0 radical (unpaired) electrons. The molecule has 3 aromatic rings. The van der Waals surface area contributed by atoms with Gasteiger partial charge >= 0.3 is 0 Å². The summed E-state index contributed by atoms with van der Waals surface area (Å²) in [6, 6.07) is 11.3. The second-order valence-electron chi connectivity index (χ2n) is 6.12. The Kier molecular flexibility index (Phi) is 3.80. The van der Waals surface area contributed by atoms with Gasteiger partial charge in [0.1, 0.15) is 19.0 Å². The summed E-state index contributed by atoms with van der Waals surface area (Å²) in [5, 5.41) is 2.91. The van der Waals surface area contributed by atoms with Gasteiger partial charge in [-0.05, 0) is 36.8 Å². The zero-order valence-corrected chi connectivity index (χ0v) is 14.2. The summed E-state index contributed by atoms with van der Waals surface area (Å²) >= 11 is 0. The van der Waals surface area contributed by atoms with Crippen LogP contribution in [0.4, 0.5) is 5.69 Å². The molecular formula is C19H19N3O3. The first-order chi connectivity index (χ1) is 12.1. The number of nitrogens with zero attached hydrogens (tertiary/aromatic N) is 2. The molecule has 0 saturated heterocycles. The Bertz CT molecular complexity index is 962. The Morgan fingerprint density at radius 2 is 1.96 bits per heavy atom. The second kappa shape index (κ2) is 6.12. The highest BCUT2D eigenvalue weighted by Crippen LogP contribution is 2.32. The highest BCUT2D eigenvalue weighted by Gasteiger charge is 2.13. The average molecular weight is 337 g/mol. The lowest BCUT2D eigenvalue weighted by molar-refractivity contribution is -0.115. The number of hydrogen-bond donors (Lipinski definition) is 1. The van der Waals surface area contributed by atoms with Crippen molar-refractivity contribution in [3.63, 3.8) is 0 Å². The maximum atomic E-state index is 12.3. The molecule has 2 heterocycles. The number of aromatic nitrogens is 2. The Balaban J connectivity index is 1.48. The quantitative estimate of drug-likeness (QED) is 0.798. The predicted octanol–water partition coefficient (Wildman–Crippen LogP) is 2.83. The lowest BCUT2D eigenvalue weighted by Gasteiger charge is -2.19. The van der Waals surface area contributed by atoms with Gasteiger partial charge in [0.2, 0.25) is 5.91 Å². The number of imidazole rings is 1. The van der Waals surface area contributed by atoms with Crippen LogP contribution in [0.3, 0.4) is 0 Å². The van der Waals surface area contributed by atoms with Crippen LogP contribution in [0.15, 0.2) is 36.4 Å². The molecule has 6 heteroatoms. The van der Waals surface area contributed by atoms with Crippen LogP contribution in [0.2, 0.25) is 0 Å². The number of carbonyl (C=O) groups is 1. The number of benzene rings is 2. The highest BCUT2D eigenvalue weighted by molar-refractivity contribution is 5.93. The van der Waals surface area contributed by atoms with Crippen LogP contribution in [0.1, 0.15) is 11.4 Å². The number of hydrogen-bond acceptors (Lipinski definition) is 4. The molecule has 0 saturated carbocycles. The lowest BCUT2D eigenvalue weighted by Crippen LogP contribution is -2.17. The number of nitrogens with one attached hydrogen (secondary N) is 1. The summed E-state index contributed by atoms with van der Waals surface area (Å²) in [5.74, 6) is 2.24. The molecule has 2 aromatic carbocycles. The molecular weight excluding hydrogens is 318 g/mol. The number of fused-ring (bicyclic) bond motifs is 2. The molecule has 1 aliphatic rings. The van der Waals surface area contributed by atoms with Gasteiger partial charge in [-0.1, -0.05) is 6.07 Å². The van der Waals surface area contributed by atoms with Crippen molar-refractivity contribution >= 4 is 22.6 Å². The van der Waals surface area contributed by atoms with Crippen LogP contribution in [0.5, 0.6) is 11.5 Å². The van der Waals surface area contributed by atoms with E-state index < -0.39 is 0 Å². The van der Waals surface area contributed by atoms with Crippen molar-refractivity contribution in [2.24, 2.45) is 7.05 Å². The lowest BCUT2D eigenvalue weighted by atomic mass is 10.1. The molecule has 128 valence electrons. The monoisotopic (exact) mass is 337 g/mol. The predicted molar refractivity (Wildman–Crippen MR) is 95.2 cm³/mol. The summed E-state index contributed by atoms with van der Waals surface area (Å²) in [7, 11) is 1.99. The third-order valence-electron chi connectivity index (χ3n) is 4.36. The summed E-state index contributed by atoms with van der Waals surface area (Å²) in [4.78, 5) is 16.9. The molecule has 6 nitrogen and oxygen atoms in total. The number of amides is 1. The van der Waals surface area contributed by atoms with Gasteiger partial charge in [0.25, 0.3) is 0 Å². The minimum Gasteiger partial charge on any atom is -0.486 e. The maximum absolute atomic E-state index is 12.3. The molecule has 1 N–H and O–H groups in total. The van der Waals surface area contributed by atoms with Gasteiger partial charge in [-0.2, -0.15) is 0 Å². The van der Waals surface area contributed by atoms with Crippen molar-refractivity contribution in [2.45, 2.75) is 13.3 Å². The Labute approximate surface area is 145 Å². The highest BCUT2D eigenvalue weighted by atomic mass is 16.6. The first kappa shape index (κ1) is 15.5. The average Bonchev–Trinajstić information content (AvgIpc) is 2.88. The van der Waals surface area contributed by atoms with Crippen molar-refractivity contribution in [3.8, 4) is 11.5 Å². The normalized spacial score (nSPS) is 13.0. The fourth-order valence-electron chi connectivity index (χ4n) is 2.99. The number of anilines is 1. The van der Waals surface area contributed by atoms with Crippen LogP contribution in [-0.4, -0.2) is 28.7 Å². The smallest absolute Gasteiger partial charge is 0.228 e. The van der Waals surface area contributed by atoms with Crippen molar-refractivity contribution < 1.29 is 14.3 Å². The van der Waals surface area contributed by atoms with E-state index in [4.69, 9.17) is 9.47 Å². The molecule has 0 bridgehead atoms. The van der Waals surface area contributed by atoms with Gasteiger partial charge in [-0.15, -0.1) is 0 Å². The third kappa shape index (κ3) is 3.03. The van der Waals surface area contributed by atoms with E-state index in [1.807, 2.05) is 48.9 Å². The van der Waals surface area contributed by atoms with Gasteiger partial charge in [-0.25, -0.2) is 4.98 Å². The summed E-state index contributed by atoms with van der Waals surface area (Å²) < 4.78 is 13.1. The zero-order chi connectivity index (χ0) is 17.4. The van der Waals surface area contributed by atoms with Crippen LogP contribution >= 0.6 is 0 Å². The van der Waals surface area contributed by atoms with Gasteiger partial charge in [0, 0.05) is 18.8 Å². The van der Waals surface area contributed by atoms with Crippen LogP contribution in [0, 0.1) is 6.92 Å². The summed E-state index contributed by atoms with van der Waals surface area (Å²) in [6.07, 6.45) is 0.292. The Morgan fingerprint density at radius 3 is 2.80 bits per heavy atom. The van der Waals surface area contributed by atoms with Crippen LogP contribution in [-0.2, 0) is 18.3 Å². The van der Waals surface area contributed by atoms with Crippen LogP contribution < -0.4 is 14.8 Å². The maximum Gasteiger partial charge on any atom is 0.228 e. The van der Waals surface area contributed by atoms with E-state index in [1.54, 1.807) is 6.07 Å². The fourth-order valence-corrected chi connectivity index (χ4v) is 2.99. The van der Waals surface area contributed by atoms with Crippen molar-refractivity contribution in [3.05, 3.63) is 47.8 Å². The Morgan fingerprint density at radius 1 is 1.16 bits per heavy atom. The molecule has 4 rings (SSSR count). The van der Waals surface area contributed by atoms with E-state index in [-0.39, 0.29) is 5.91 Å². The SMILES string of the molecule is Cc1nc2cc(CC(=O)Nc3ccc4c(c3)OCCO4)ccc2n1C. The first-order valence-electron chi connectivity index (χ1n) is 8.21. The van der Waals surface area contributed by atoms with Crippen molar-refractivity contribution in [2.75, 3.05) is 18.5 Å². The minimum absolute atomic E-state index is 0.0799. The largest absolute Gasteiger partial charge is 0.486 e. The first-order valence-corrected chi connectivity index (χ1v) is 8.21. The topological polar surface area (TPSA) is 65.4 Å². The van der Waals surface area contributed by atoms with E-state index in [9.17, 15) is 4.79 Å². The minimum atomic E-state index is -0.0799. The molecule has 1 aliphatic heterocycles. The number of ether oxygens (including phenoxy) is 2. The van der Waals surface area contributed by atoms with Gasteiger partial charge in [-0.3, -0.25) is 4.79 Å². The van der Waals surface area contributed by atoms with Crippen molar-refractivity contribution in [1.29, 1.82) is 0 Å². The molecule has 1 aromatic heterocycles. The van der Waals surface area contributed by atoms with E-state index in [0.29, 0.717) is 36.8 Å². The standard InChI is InChI=1S/C19H19N3O3/c1-12-20-15-9-13(3-5-16(15)22(12)2)10-19(23)21-14-4-6-17-18(11-14)25-8-7-24-17/h3-6,9,11H,7-8,10H2,1-2H3,(H,21,23). The van der Waals surface area contributed by atoms with E-state index in [2.05, 4.69) is 10.3 Å². The third-order valence-corrected chi connectivity index (χ3v) is 4.36. The molecule has 25 heavy (non-hydrogen) atoms. The number of rotatable bonds is 3. The van der Waals surface area contributed by atoms with E-state index in [1.165, 1.54) is 0 Å². The van der Waals surface area contributed by atoms with E-state index >= 15 is 0 Å². The summed E-state index contributed by atoms with van der Waals surface area (Å²) in [6.45, 7) is 3.04. The van der Waals surface area contributed by atoms with Crippen LogP contribution in [0.25, 0.3) is 11.0 Å². The number of aryl methyl sites for hydroxylation is 2. The second-order valence-corrected chi connectivity index (χ2v) is 6.12. The Hall–Kier alpha value is -3.02. The van der Waals surface area contributed by atoms with Gasteiger partial charge < -0.3 is 19.4 Å². The van der Waals surface area contributed by atoms with Gasteiger partial charge in [0.15, 0.2) is 11.5 Å². The zero-order valence-electron chi connectivity index (χ0n) is 14.2. The fraction of sp³-hybridized carbons (Fsp3) is 0.263. The molecule has 0 spiro atoms. The van der Waals surface area contributed by atoms with E-state index in [0.717, 1.165) is 22.4 Å². The molecule has 1 amide bonds. The molecule has 0 aliphatic carbocycles. The van der Waals surface area contributed by atoms with Crippen molar-refractivity contribution in [1.82, 2.24) is 9.55 Å². The molecule has 0 fully saturated rings. The summed E-state index contributed by atoms with van der Waals surface area (Å²) in [5.41, 5.74) is 3.60.